The van der Waals surface area contributed by atoms with Crippen LogP contribution in [0.4, 0.5) is 5.69 Å². The highest BCUT2D eigenvalue weighted by molar-refractivity contribution is 6.00. The van der Waals surface area contributed by atoms with Crippen molar-refractivity contribution in [3.05, 3.63) is 59.7 Å². The highest BCUT2D eigenvalue weighted by Crippen LogP contribution is 2.18. The molecule has 2 aromatic rings. The molecule has 0 saturated carbocycles. The Morgan fingerprint density at radius 3 is 1.74 bits per heavy atom. The number of carbonyl (C=O) groups is 2. The van der Waals surface area contributed by atoms with Gasteiger partial charge in [0.1, 0.15) is 5.75 Å². The summed E-state index contributed by atoms with van der Waals surface area (Å²) >= 11 is 0. The van der Waals surface area contributed by atoms with Crippen LogP contribution in [0, 0.1) is 0 Å². The molecular weight excluding hydrogens is 486 g/mol. The van der Waals surface area contributed by atoms with E-state index in [0.29, 0.717) is 12.1 Å². The average molecular weight is 538 g/mol. The Bertz CT molecular complexity index is 925. The Kier molecular flexibility index (Phi) is 17.5. The molecule has 0 atom stereocenters. The number of unbranched alkanes of at least 4 members (excludes halogenated alkanes) is 15. The van der Waals surface area contributed by atoms with Gasteiger partial charge in [0.2, 0.25) is 5.91 Å². The molecule has 0 aliphatic carbocycles. The monoisotopic (exact) mass is 537 g/mol. The Morgan fingerprint density at radius 2 is 1.21 bits per heavy atom. The summed E-state index contributed by atoms with van der Waals surface area (Å²) in [5.74, 6) is -0.395. The molecule has 216 valence electrons. The van der Waals surface area contributed by atoms with Gasteiger partial charge in [0.25, 0.3) is 0 Å². The molecule has 2 rings (SSSR count). The molecule has 39 heavy (non-hydrogen) atoms. The Hall–Kier alpha value is -2.82. The lowest BCUT2D eigenvalue weighted by atomic mass is 10.0. The minimum Gasteiger partial charge on any atom is -0.494 e. The van der Waals surface area contributed by atoms with Gasteiger partial charge in [-0.05, 0) is 42.7 Å². The van der Waals surface area contributed by atoms with Crippen molar-refractivity contribution in [2.75, 3.05) is 11.9 Å². The maximum atomic E-state index is 12.3. The third kappa shape index (κ3) is 15.4. The number of aryl methyl sites for hydroxylation is 1. The first kappa shape index (κ1) is 32.4. The number of nitrogens with one attached hydrogen (secondary N) is 1. The van der Waals surface area contributed by atoms with Gasteiger partial charge in [0.15, 0.2) is 0 Å². The molecule has 0 aliphatic heterocycles. The lowest BCUT2D eigenvalue weighted by molar-refractivity contribution is -0.116. The molecule has 0 radical (unpaired) electrons. The Morgan fingerprint density at radius 1 is 0.692 bits per heavy atom. The summed E-state index contributed by atoms with van der Waals surface area (Å²) in [6.45, 7) is 3.02. The van der Waals surface area contributed by atoms with Crippen LogP contribution in [0.3, 0.4) is 0 Å². The van der Waals surface area contributed by atoms with E-state index in [1.807, 2.05) is 24.3 Å². The zero-order chi connectivity index (χ0) is 28.0. The lowest BCUT2D eigenvalue weighted by Crippen LogP contribution is -2.15. The number of amides is 1. The Balaban J connectivity index is 1.43. The standard InChI is InChI=1S/C34H51NO4/c1-2-3-4-5-6-7-8-9-10-11-12-13-14-15-16-19-28-39-30-25-22-29(23-26-30)24-27-33(36)35-32-21-18-17-20-31(32)34(37)38/h17-18,20-23,25-26H,2-16,19,24,27-28H2,1H3,(H,35,36)(H,37,38). The van der Waals surface area contributed by atoms with Gasteiger partial charge in [-0.15, -0.1) is 0 Å². The topological polar surface area (TPSA) is 75.6 Å². The van der Waals surface area contributed by atoms with E-state index in [2.05, 4.69) is 12.2 Å². The highest BCUT2D eigenvalue weighted by atomic mass is 16.5. The molecule has 5 nitrogen and oxygen atoms in total. The van der Waals surface area contributed by atoms with Crippen LogP contribution < -0.4 is 10.1 Å². The van der Waals surface area contributed by atoms with Crippen molar-refractivity contribution >= 4 is 17.6 Å². The second kappa shape index (κ2) is 21.1. The number of carbonyl (C=O) groups excluding carboxylic acids is 1. The molecule has 0 bridgehead atoms. The van der Waals surface area contributed by atoms with Gasteiger partial charge in [0.05, 0.1) is 17.9 Å². The smallest absolute Gasteiger partial charge is 0.337 e. The van der Waals surface area contributed by atoms with Gasteiger partial charge in [-0.2, -0.15) is 0 Å². The summed E-state index contributed by atoms with van der Waals surface area (Å²) in [5.41, 5.74) is 1.47. The average Bonchev–Trinajstić information content (AvgIpc) is 2.94. The second-order valence-corrected chi connectivity index (χ2v) is 10.7. The predicted molar refractivity (Wildman–Crippen MR) is 162 cm³/mol. The number of para-hydroxylation sites is 1. The zero-order valence-corrected chi connectivity index (χ0v) is 24.2. The van der Waals surface area contributed by atoms with E-state index in [4.69, 9.17) is 4.74 Å². The number of carboxylic acid groups (broad SMARTS) is 1. The molecule has 0 heterocycles. The minimum atomic E-state index is -1.05. The molecule has 0 saturated heterocycles. The van der Waals surface area contributed by atoms with E-state index in [0.717, 1.165) is 24.3 Å². The van der Waals surface area contributed by atoms with Gasteiger partial charge in [-0.3, -0.25) is 4.79 Å². The maximum absolute atomic E-state index is 12.3. The maximum Gasteiger partial charge on any atom is 0.337 e. The molecule has 0 aromatic heterocycles. The quantitative estimate of drug-likeness (QED) is 0.138. The number of benzene rings is 2. The van der Waals surface area contributed by atoms with E-state index in [1.54, 1.807) is 18.2 Å². The molecule has 0 aliphatic rings. The van der Waals surface area contributed by atoms with Crippen molar-refractivity contribution in [3.63, 3.8) is 0 Å². The molecule has 0 fully saturated rings. The molecule has 2 aromatic carbocycles. The minimum absolute atomic E-state index is 0.0942. The van der Waals surface area contributed by atoms with Crippen LogP contribution in [0.15, 0.2) is 48.5 Å². The van der Waals surface area contributed by atoms with Crippen LogP contribution >= 0.6 is 0 Å². The van der Waals surface area contributed by atoms with E-state index in [-0.39, 0.29) is 17.9 Å². The van der Waals surface area contributed by atoms with Crippen LogP contribution in [0.1, 0.15) is 132 Å². The summed E-state index contributed by atoms with van der Waals surface area (Å²) in [7, 11) is 0. The molecule has 0 unspecified atom stereocenters. The van der Waals surface area contributed by atoms with Crippen molar-refractivity contribution in [1.29, 1.82) is 0 Å². The number of hydrogen-bond acceptors (Lipinski definition) is 3. The van der Waals surface area contributed by atoms with E-state index in [1.165, 1.54) is 102 Å². The van der Waals surface area contributed by atoms with Crippen molar-refractivity contribution in [1.82, 2.24) is 0 Å². The van der Waals surface area contributed by atoms with Gasteiger partial charge in [0, 0.05) is 6.42 Å². The lowest BCUT2D eigenvalue weighted by Gasteiger charge is -2.09. The predicted octanol–water partition coefficient (Wildman–Crippen LogP) is 9.60. The van der Waals surface area contributed by atoms with Gasteiger partial charge in [-0.25, -0.2) is 4.79 Å². The first-order chi connectivity index (χ1) is 19.1. The van der Waals surface area contributed by atoms with Crippen molar-refractivity contribution in [2.45, 2.75) is 122 Å². The summed E-state index contributed by atoms with van der Waals surface area (Å²) in [4.78, 5) is 23.6. The van der Waals surface area contributed by atoms with Crippen LogP contribution in [0.5, 0.6) is 5.75 Å². The van der Waals surface area contributed by atoms with Gasteiger partial charge >= 0.3 is 5.97 Å². The fourth-order valence-corrected chi connectivity index (χ4v) is 4.84. The Labute approximate surface area is 236 Å². The van der Waals surface area contributed by atoms with Crippen molar-refractivity contribution in [2.24, 2.45) is 0 Å². The van der Waals surface area contributed by atoms with E-state index < -0.39 is 5.97 Å². The van der Waals surface area contributed by atoms with Gasteiger partial charge in [-0.1, -0.05) is 128 Å². The van der Waals surface area contributed by atoms with Gasteiger partial charge < -0.3 is 15.2 Å². The fourth-order valence-electron chi connectivity index (χ4n) is 4.84. The first-order valence-electron chi connectivity index (χ1n) is 15.4. The first-order valence-corrected chi connectivity index (χ1v) is 15.4. The largest absolute Gasteiger partial charge is 0.494 e. The molecular formula is C34H51NO4. The summed E-state index contributed by atoms with van der Waals surface area (Å²) in [6.07, 6.45) is 22.7. The number of ether oxygens (including phenoxy) is 1. The second-order valence-electron chi connectivity index (χ2n) is 10.7. The van der Waals surface area contributed by atoms with E-state index >= 15 is 0 Å². The van der Waals surface area contributed by atoms with Crippen LogP contribution in [-0.2, 0) is 11.2 Å². The SMILES string of the molecule is CCCCCCCCCCCCCCCCCCOc1ccc(CCC(=O)Nc2ccccc2C(=O)O)cc1. The molecule has 2 N–H and O–H groups in total. The van der Waals surface area contributed by atoms with E-state index in [9.17, 15) is 14.7 Å². The normalized spacial score (nSPS) is 10.9. The molecule has 5 heteroatoms. The zero-order valence-electron chi connectivity index (χ0n) is 24.2. The summed E-state index contributed by atoms with van der Waals surface area (Å²) in [6, 6.07) is 14.3. The fraction of sp³-hybridized carbons (Fsp3) is 0.588. The van der Waals surface area contributed by atoms with Crippen molar-refractivity contribution in [3.8, 4) is 5.75 Å². The number of anilines is 1. The molecule has 1 amide bonds. The number of aromatic carboxylic acids is 1. The molecule has 0 spiro atoms. The van der Waals surface area contributed by atoms with Crippen molar-refractivity contribution < 1.29 is 19.4 Å². The summed E-state index contributed by atoms with van der Waals surface area (Å²) in [5, 5.41) is 11.9. The number of rotatable bonds is 23. The number of carboxylic acids is 1. The summed E-state index contributed by atoms with van der Waals surface area (Å²) < 4.78 is 5.89. The number of hydrogen-bond donors (Lipinski definition) is 2. The van der Waals surface area contributed by atoms with Crippen LogP contribution in [0.2, 0.25) is 0 Å². The third-order valence-corrected chi connectivity index (χ3v) is 7.26. The van der Waals surface area contributed by atoms with Crippen LogP contribution in [-0.4, -0.2) is 23.6 Å². The van der Waals surface area contributed by atoms with Crippen LogP contribution in [0.25, 0.3) is 0 Å². The third-order valence-electron chi connectivity index (χ3n) is 7.26. The highest BCUT2D eigenvalue weighted by Gasteiger charge is 2.11.